The number of ether oxygens (including phenoxy) is 1. The number of hydrogen-bond donors (Lipinski definition) is 0. The van der Waals surface area contributed by atoms with Crippen LogP contribution in [-0.2, 0) is 4.74 Å². The van der Waals surface area contributed by atoms with Gasteiger partial charge in [-0.1, -0.05) is 0 Å². The zero-order chi connectivity index (χ0) is 6.10. The molecule has 0 aliphatic carbocycles. The molecule has 2 rings (SSSR count). The average Bonchev–Trinajstić information content (AvgIpc) is 1.57. The van der Waals surface area contributed by atoms with Crippen molar-refractivity contribution in [1.29, 1.82) is 0 Å². The van der Waals surface area contributed by atoms with Gasteiger partial charge in [0.05, 0.1) is 13.2 Å². The maximum Gasteiger partial charge on any atom is 0.0528 e. The molecule has 0 N–H and O–H groups in total. The summed E-state index contributed by atoms with van der Waals surface area (Å²) in [7, 11) is 0. The fourth-order valence-corrected chi connectivity index (χ4v) is 1.32. The van der Waals surface area contributed by atoms with Crippen LogP contribution >= 0.6 is 0 Å². The molecular weight excluding hydrogens is 114 g/mol. The van der Waals surface area contributed by atoms with E-state index in [0.29, 0.717) is 0 Å². The van der Waals surface area contributed by atoms with Crippen molar-refractivity contribution in [2.75, 3.05) is 32.8 Å². The predicted molar refractivity (Wildman–Crippen MR) is 35.4 cm³/mol. The Morgan fingerprint density at radius 3 is 2.44 bits per heavy atom. The summed E-state index contributed by atoms with van der Waals surface area (Å²) in [4.78, 5) is 2.51. The van der Waals surface area contributed by atoms with Gasteiger partial charge in [0.15, 0.2) is 0 Å². The minimum Gasteiger partial charge on any atom is -0.381 e. The minimum absolute atomic E-state index is 0.866. The highest BCUT2D eigenvalue weighted by atomic mass is 16.5. The molecule has 0 amide bonds. The molecule has 2 saturated heterocycles. The first-order valence-electron chi connectivity index (χ1n) is 3.75. The molecule has 0 spiro atoms. The lowest BCUT2D eigenvalue weighted by Gasteiger charge is -2.37. The first kappa shape index (κ1) is 5.69. The molecule has 0 radical (unpaired) electrons. The van der Waals surface area contributed by atoms with Crippen LogP contribution in [0.1, 0.15) is 6.42 Å². The van der Waals surface area contributed by atoms with E-state index < -0.39 is 0 Å². The quantitative estimate of drug-likeness (QED) is 0.530. The van der Waals surface area contributed by atoms with Gasteiger partial charge in [-0.25, -0.2) is 0 Å². The Labute approximate surface area is 55.8 Å². The molecule has 0 bridgehead atoms. The average molecular weight is 127 g/mol. The summed E-state index contributed by atoms with van der Waals surface area (Å²) in [5.74, 6) is 0.866. The van der Waals surface area contributed by atoms with Gasteiger partial charge in [0.2, 0.25) is 0 Å². The lowest BCUT2D eigenvalue weighted by atomic mass is 10.1. The van der Waals surface area contributed by atoms with Crippen LogP contribution in [0.25, 0.3) is 0 Å². The van der Waals surface area contributed by atoms with Gasteiger partial charge >= 0.3 is 0 Å². The van der Waals surface area contributed by atoms with Gasteiger partial charge in [-0.2, -0.15) is 0 Å². The second-order valence-corrected chi connectivity index (χ2v) is 3.06. The Bertz CT molecular complexity index is 85.1. The van der Waals surface area contributed by atoms with Crippen LogP contribution in [0.5, 0.6) is 0 Å². The molecule has 52 valence electrons. The van der Waals surface area contributed by atoms with Crippen molar-refractivity contribution in [1.82, 2.24) is 4.90 Å². The van der Waals surface area contributed by atoms with Crippen molar-refractivity contribution in [2.45, 2.75) is 6.42 Å². The van der Waals surface area contributed by atoms with E-state index in [1.54, 1.807) is 0 Å². The van der Waals surface area contributed by atoms with Gasteiger partial charge in [-0.3, -0.25) is 0 Å². The van der Waals surface area contributed by atoms with E-state index >= 15 is 0 Å². The van der Waals surface area contributed by atoms with Crippen molar-refractivity contribution < 1.29 is 4.74 Å². The summed E-state index contributed by atoms with van der Waals surface area (Å²) < 4.78 is 5.08. The van der Waals surface area contributed by atoms with Crippen molar-refractivity contribution in [3.8, 4) is 0 Å². The maximum absolute atomic E-state index is 5.08. The molecule has 2 fully saturated rings. The third kappa shape index (κ3) is 1.10. The molecule has 0 atom stereocenters. The van der Waals surface area contributed by atoms with Crippen LogP contribution in [0.4, 0.5) is 0 Å². The molecule has 2 aliphatic rings. The van der Waals surface area contributed by atoms with Crippen molar-refractivity contribution >= 4 is 0 Å². The van der Waals surface area contributed by atoms with Gasteiger partial charge in [0.1, 0.15) is 0 Å². The van der Waals surface area contributed by atoms with Gasteiger partial charge in [0.25, 0.3) is 0 Å². The standard InChI is InChI=1S/C7H13NO/c1-2-8(3-1)4-7-5-9-6-7/h7H,1-6H2. The Morgan fingerprint density at radius 1 is 1.33 bits per heavy atom. The molecule has 2 heteroatoms. The molecule has 0 aromatic heterocycles. The summed E-state index contributed by atoms with van der Waals surface area (Å²) in [5, 5.41) is 0. The van der Waals surface area contributed by atoms with E-state index in [1.165, 1.54) is 26.1 Å². The van der Waals surface area contributed by atoms with E-state index in [4.69, 9.17) is 4.74 Å². The molecule has 2 nitrogen and oxygen atoms in total. The number of rotatable bonds is 2. The van der Waals surface area contributed by atoms with Crippen molar-refractivity contribution in [3.63, 3.8) is 0 Å². The van der Waals surface area contributed by atoms with E-state index in [0.717, 1.165) is 19.1 Å². The van der Waals surface area contributed by atoms with E-state index in [2.05, 4.69) is 4.90 Å². The highest BCUT2D eigenvalue weighted by Gasteiger charge is 2.23. The first-order chi connectivity index (χ1) is 4.45. The molecular formula is C7H13NO. The third-order valence-corrected chi connectivity index (χ3v) is 2.17. The SMILES string of the molecule is C1CN(CC2COC2)C1. The van der Waals surface area contributed by atoms with Crippen LogP contribution in [0.3, 0.4) is 0 Å². The highest BCUT2D eigenvalue weighted by molar-refractivity contribution is 4.75. The molecule has 0 unspecified atom stereocenters. The number of nitrogens with zero attached hydrogens (tertiary/aromatic N) is 1. The zero-order valence-electron chi connectivity index (χ0n) is 5.68. The molecule has 2 aliphatic heterocycles. The third-order valence-electron chi connectivity index (χ3n) is 2.17. The molecule has 0 saturated carbocycles. The molecule has 9 heavy (non-hydrogen) atoms. The largest absolute Gasteiger partial charge is 0.381 e. The van der Waals surface area contributed by atoms with Crippen LogP contribution in [-0.4, -0.2) is 37.7 Å². The van der Waals surface area contributed by atoms with Crippen LogP contribution in [0.2, 0.25) is 0 Å². The van der Waals surface area contributed by atoms with Gasteiger partial charge in [-0.15, -0.1) is 0 Å². The maximum atomic E-state index is 5.08. The second kappa shape index (κ2) is 2.27. The van der Waals surface area contributed by atoms with Crippen LogP contribution < -0.4 is 0 Å². The second-order valence-electron chi connectivity index (χ2n) is 3.06. The molecule has 2 heterocycles. The Hall–Kier alpha value is -0.0800. The van der Waals surface area contributed by atoms with Gasteiger partial charge in [0, 0.05) is 12.5 Å². The van der Waals surface area contributed by atoms with Crippen molar-refractivity contribution in [3.05, 3.63) is 0 Å². The molecule has 0 aromatic rings. The van der Waals surface area contributed by atoms with Crippen LogP contribution in [0.15, 0.2) is 0 Å². The topological polar surface area (TPSA) is 12.5 Å². The van der Waals surface area contributed by atoms with Gasteiger partial charge in [-0.05, 0) is 19.5 Å². The summed E-state index contributed by atoms with van der Waals surface area (Å²) >= 11 is 0. The van der Waals surface area contributed by atoms with E-state index in [1.807, 2.05) is 0 Å². The Kier molecular flexibility index (Phi) is 1.44. The zero-order valence-corrected chi connectivity index (χ0v) is 5.68. The fraction of sp³-hybridized carbons (Fsp3) is 1.00. The minimum atomic E-state index is 0.866. The lowest BCUT2D eigenvalue weighted by molar-refractivity contribution is -0.0535. The highest BCUT2D eigenvalue weighted by Crippen LogP contribution is 2.15. The van der Waals surface area contributed by atoms with E-state index in [-0.39, 0.29) is 0 Å². The predicted octanol–water partition coefficient (Wildman–Crippen LogP) is 0.339. The van der Waals surface area contributed by atoms with E-state index in [9.17, 15) is 0 Å². The number of likely N-dealkylation sites (tertiary alicyclic amines) is 1. The van der Waals surface area contributed by atoms with Crippen LogP contribution in [0, 0.1) is 5.92 Å². The summed E-state index contributed by atoms with van der Waals surface area (Å²) in [5.41, 5.74) is 0. The Morgan fingerprint density at radius 2 is 2.11 bits per heavy atom. The fourth-order valence-electron chi connectivity index (χ4n) is 1.32. The van der Waals surface area contributed by atoms with Crippen molar-refractivity contribution in [2.24, 2.45) is 5.92 Å². The summed E-state index contributed by atoms with van der Waals surface area (Å²) in [6.07, 6.45) is 1.41. The summed E-state index contributed by atoms with van der Waals surface area (Å²) in [6.45, 7) is 5.97. The lowest BCUT2D eigenvalue weighted by Crippen LogP contribution is -2.45. The monoisotopic (exact) mass is 127 g/mol. The molecule has 0 aromatic carbocycles. The smallest absolute Gasteiger partial charge is 0.0528 e. The Balaban J connectivity index is 1.64. The normalized spacial score (nSPS) is 29.3. The number of hydrogen-bond acceptors (Lipinski definition) is 2. The summed E-state index contributed by atoms with van der Waals surface area (Å²) in [6, 6.07) is 0. The van der Waals surface area contributed by atoms with Gasteiger partial charge < -0.3 is 9.64 Å². The first-order valence-corrected chi connectivity index (χ1v) is 3.75.